The quantitative estimate of drug-likeness (QED) is 0.888. The minimum absolute atomic E-state index is 0.0792. The fraction of sp³-hybridized carbons (Fsp3) is 0.350. The van der Waals surface area contributed by atoms with Gasteiger partial charge in [0.2, 0.25) is 0 Å². The van der Waals surface area contributed by atoms with E-state index in [1.807, 2.05) is 6.08 Å². The third-order valence-corrected chi connectivity index (χ3v) is 4.81. The van der Waals surface area contributed by atoms with Crippen LogP contribution >= 0.6 is 0 Å². The molecule has 0 unspecified atom stereocenters. The monoisotopic (exact) mass is 354 g/mol. The number of carbonyl (C=O) groups is 1. The Hall–Kier alpha value is -2.60. The molecule has 1 saturated carbocycles. The molecule has 2 aromatic rings. The van der Waals surface area contributed by atoms with Crippen LogP contribution < -0.4 is 0 Å². The Kier molecular flexibility index (Phi) is 4.51. The molecular weight excluding hydrogens is 335 g/mol. The summed E-state index contributed by atoms with van der Waals surface area (Å²) in [5.41, 5.74) is 2.82. The zero-order valence-electron chi connectivity index (χ0n) is 14.2. The molecule has 0 atom stereocenters. The maximum atomic E-state index is 15.0. The van der Waals surface area contributed by atoms with Crippen molar-refractivity contribution in [1.82, 2.24) is 9.97 Å². The lowest BCUT2D eigenvalue weighted by molar-refractivity contribution is 0.0688. The van der Waals surface area contributed by atoms with Crippen molar-refractivity contribution in [2.75, 3.05) is 13.2 Å². The summed E-state index contributed by atoms with van der Waals surface area (Å²) in [6.45, 7) is 1.06. The van der Waals surface area contributed by atoms with E-state index in [9.17, 15) is 9.90 Å². The van der Waals surface area contributed by atoms with Crippen molar-refractivity contribution in [3.8, 4) is 0 Å². The van der Waals surface area contributed by atoms with Gasteiger partial charge in [0, 0.05) is 24.1 Å². The molecule has 0 bridgehead atoms. The number of halogens is 1. The molecule has 2 heterocycles. The van der Waals surface area contributed by atoms with Gasteiger partial charge in [0.25, 0.3) is 0 Å². The second kappa shape index (κ2) is 6.96. The first-order valence-corrected chi connectivity index (χ1v) is 8.77. The predicted molar refractivity (Wildman–Crippen MR) is 93.6 cm³/mol. The molecule has 1 fully saturated rings. The Morgan fingerprint density at radius 3 is 2.88 bits per heavy atom. The molecule has 1 N–H and O–H groups in total. The summed E-state index contributed by atoms with van der Waals surface area (Å²) >= 11 is 0. The number of hydrogen-bond acceptors (Lipinski definition) is 4. The van der Waals surface area contributed by atoms with Gasteiger partial charge < -0.3 is 9.84 Å². The van der Waals surface area contributed by atoms with E-state index in [0.717, 1.165) is 18.4 Å². The largest absolute Gasteiger partial charge is 0.476 e. The smallest absolute Gasteiger partial charge is 0.356 e. The van der Waals surface area contributed by atoms with Crippen LogP contribution in [0.2, 0.25) is 0 Å². The van der Waals surface area contributed by atoms with Crippen LogP contribution in [-0.4, -0.2) is 34.3 Å². The van der Waals surface area contributed by atoms with Crippen molar-refractivity contribution in [3.05, 3.63) is 64.5 Å². The number of carboxylic acid groups (broad SMARTS) is 1. The SMILES string of the molecule is O=C(O)c1nc(C2CC2)cnc1Cc1cccc(C2=CCOCC2)c1F. The molecule has 0 radical (unpaired) electrons. The molecule has 1 aromatic carbocycles. The average Bonchev–Trinajstić information content (AvgIpc) is 3.49. The molecule has 0 saturated heterocycles. The summed E-state index contributed by atoms with van der Waals surface area (Å²) in [6.07, 6.45) is 6.31. The third-order valence-electron chi connectivity index (χ3n) is 4.81. The first kappa shape index (κ1) is 16.8. The summed E-state index contributed by atoms with van der Waals surface area (Å²) in [6, 6.07) is 5.20. The summed E-state index contributed by atoms with van der Waals surface area (Å²) in [5, 5.41) is 9.48. The maximum absolute atomic E-state index is 15.0. The van der Waals surface area contributed by atoms with Gasteiger partial charge >= 0.3 is 5.97 Å². The molecular formula is C20H19FN2O3. The number of hydrogen-bond donors (Lipinski definition) is 1. The van der Waals surface area contributed by atoms with Crippen LogP contribution in [0, 0.1) is 5.82 Å². The summed E-state index contributed by atoms with van der Waals surface area (Å²) < 4.78 is 20.3. The zero-order chi connectivity index (χ0) is 18.1. The lowest BCUT2D eigenvalue weighted by atomic mass is 9.96. The van der Waals surface area contributed by atoms with E-state index in [2.05, 4.69) is 9.97 Å². The Labute approximate surface area is 150 Å². The van der Waals surface area contributed by atoms with Crippen LogP contribution in [0.15, 0.2) is 30.5 Å². The van der Waals surface area contributed by atoms with Crippen LogP contribution in [-0.2, 0) is 11.2 Å². The van der Waals surface area contributed by atoms with Gasteiger partial charge in [0.05, 0.1) is 24.6 Å². The predicted octanol–water partition coefficient (Wildman–Crippen LogP) is 3.59. The third kappa shape index (κ3) is 3.37. The van der Waals surface area contributed by atoms with Gasteiger partial charge in [-0.3, -0.25) is 4.98 Å². The van der Waals surface area contributed by atoms with Crippen LogP contribution in [0.4, 0.5) is 4.39 Å². The second-order valence-corrected chi connectivity index (χ2v) is 6.68. The molecule has 4 rings (SSSR count). The van der Waals surface area contributed by atoms with E-state index in [0.29, 0.717) is 48.1 Å². The molecule has 5 nitrogen and oxygen atoms in total. The molecule has 6 heteroatoms. The topological polar surface area (TPSA) is 72.3 Å². The Morgan fingerprint density at radius 1 is 1.35 bits per heavy atom. The second-order valence-electron chi connectivity index (χ2n) is 6.68. The highest BCUT2D eigenvalue weighted by Crippen LogP contribution is 2.39. The standard InChI is InChI=1S/C20H19FN2O3/c21-18-14(2-1-3-15(18)12-6-8-26-9-7-12)10-16-19(20(24)25)23-17(11-22-16)13-4-5-13/h1-3,6,11,13H,4-5,7-10H2,(H,24,25). The van der Waals surface area contributed by atoms with E-state index >= 15 is 4.39 Å². The molecule has 2 aliphatic rings. The number of aromatic carboxylic acids is 1. The van der Waals surface area contributed by atoms with E-state index in [1.54, 1.807) is 24.4 Å². The van der Waals surface area contributed by atoms with Crippen molar-refractivity contribution in [3.63, 3.8) is 0 Å². The minimum atomic E-state index is -1.13. The first-order chi connectivity index (χ1) is 12.6. The van der Waals surface area contributed by atoms with Crippen LogP contribution in [0.3, 0.4) is 0 Å². The first-order valence-electron chi connectivity index (χ1n) is 8.77. The molecule has 26 heavy (non-hydrogen) atoms. The average molecular weight is 354 g/mol. The fourth-order valence-electron chi connectivity index (χ4n) is 3.22. The van der Waals surface area contributed by atoms with E-state index in [1.165, 1.54) is 0 Å². The van der Waals surface area contributed by atoms with Gasteiger partial charge in [-0.15, -0.1) is 0 Å². The Morgan fingerprint density at radius 2 is 2.19 bits per heavy atom. The summed E-state index contributed by atoms with van der Waals surface area (Å²) in [4.78, 5) is 20.1. The number of benzene rings is 1. The highest BCUT2D eigenvalue weighted by atomic mass is 19.1. The lowest BCUT2D eigenvalue weighted by Gasteiger charge is -2.16. The fourth-order valence-corrected chi connectivity index (χ4v) is 3.22. The van der Waals surface area contributed by atoms with E-state index in [-0.39, 0.29) is 17.9 Å². The minimum Gasteiger partial charge on any atom is -0.476 e. The van der Waals surface area contributed by atoms with Gasteiger partial charge in [-0.25, -0.2) is 14.2 Å². The summed E-state index contributed by atoms with van der Waals surface area (Å²) in [7, 11) is 0. The highest BCUT2D eigenvalue weighted by Gasteiger charge is 2.27. The number of carboxylic acids is 1. The van der Waals surface area contributed by atoms with Gasteiger partial charge in [-0.2, -0.15) is 0 Å². The number of nitrogens with zero attached hydrogens (tertiary/aromatic N) is 2. The number of ether oxygens (including phenoxy) is 1. The van der Waals surface area contributed by atoms with Crippen molar-refractivity contribution < 1.29 is 19.0 Å². The lowest BCUT2D eigenvalue weighted by Crippen LogP contribution is -2.12. The maximum Gasteiger partial charge on any atom is 0.356 e. The van der Waals surface area contributed by atoms with Crippen molar-refractivity contribution >= 4 is 11.5 Å². The van der Waals surface area contributed by atoms with Crippen molar-refractivity contribution in [1.29, 1.82) is 0 Å². The van der Waals surface area contributed by atoms with Crippen LogP contribution in [0.25, 0.3) is 5.57 Å². The zero-order valence-corrected chi connectivity index (χ0v) is 14.2. The number of rotatable bonds is 5. The van der Waals surface area contributed by atoms with Crippen molar-refractivity contribution in [2.45, 2.75) is 31.6 Å². The van der Waals surface area contributed by atoms with Gasteiger partial charge in [-0.1, -0.05) is 24.3 Å². The van der Waals surface area contributed by atoms with Gasteiger partial charge in [0.1, 0.15) is 5.82 Å². The van der Waals surface area contributed by atoms with Crippen LogP contribution in [0.1, 0.15) is 58.2 Å². The van der Waals surface area contributed by atoms with Gasteiger partial charge in [-0.05, 0) is 30.4 Å². The molecule has 134 valence electrons. The molecule has 0 amide bonds. The Balaban J connectivity index is 1.67. The normalized spacial score (nSPS) is 17.0. The van der Waals surface area contributed by atoms with Gasteiger partial charge in [0.15, 0.2) is 5.69 Å². The highest BCUT2D eigenvalue weighted by molar-refractivity contribution is 5.86. The molecule has 1 aliphatic heterocycles. The van der Waals surface area contributed by atoms with E-state index in [4.69, 9.17) is 4.74 Å². The Bertz CT molecular complexity index is 891. The van der Waals surface area contributed by atoms with E-state index < -0.39 is 5.97 Å². The number of aromatic nitrogens is 2. The molecule has 1 aromatic heterocycles. The van der Waals surface area contributed by atoms with Crippen molar-refractivity contribution in [2.24, 2.45) is 0 Å². The molecule has 0 spiro atoms. The molecule has 1 aliphatic carbocycles. The van der Waals surface area contributed by atoms with Crippen LogP contribution in [0.5, 0.6) is 0 Å². The summed E-state index contributed by atoms with van der Waals surface area (Å²) in [5.74, 6) is -1.14.